The molecule has 0 unspecified atom stereocenters. The summed E-state index contributed by atoms with van der Waals surface area (Å²) in [5.41, 5.74) is -0.269. The Morgan fingerprint density at radius 3 is 2.30 bits per heavy atom. The zero-order chi connectivity index (χ0) is 24.2. The molecule has 1 fully saturated rings. The molecule has 7 nitrogen and oxygen atoms in total. The number of rotatable bonds is 6. The molecule has 1 aromatic rings. The molecule has 0 saturated carbocycles. The molecule has 0 radical (unpaired) electrons. The Labute approximate surface area is 197 Å². The van der Waals surface area contributed by atoms with Crippen LogP contribution in [-0.4, -0.2) is 63.3 Å². The molecule has 1 atom stereocenters. The zero-order valence-electron chi connectivity index (χ0n) is 20.4. The maximum Gasteiger partial charge on any atom is 0.414 e. The molecule has 2 heterocycles. The minimum Gasteiger partial charge on any atom is -0.465 e. The predicted octanol–water partition coefficient (Wildman–Crippen LogP) is 3.90. The van der Waals surface area contributed by atoms with Gasteiger partial charge < -0.3 is 18.9 Å². The van der Waals surface area contributed by atoms with Crippen molar-refractivity contribution in [2.45, 2.75) is 64.6 Å². The van der Waals surface area contributed by atoms with Crippen molar-refractivity contribution in [2.75, 3.05) is 20.3 Å². The van der Waals surface area contributed by atoms with Gasteiger partial charge in [-0.25, -0.2) is 9.59 Å². The number of methoxy groups -OCH3 is 1. The predicted molar refractivity (Wildman–Crippen MR) is 129 cm³/mol. The third-order valence-corrected chi connectivity index (χ3v) is 9.40. The van der Waals surface area contributed by atoms with E-state index in [1.165, 1.54) is 17.2 Å². The molecule has 1 amide bonds. The maximum absolute atomic E-state index is 13.1. The maximum atomic E-state index is 13.1. The van der Waals surface area contributed by atoms with E-state index in [0.29, 0.717) is 31.6 Å². The number of esters is 1. The molecule has 0 aliphatic carbocycles. The lowest BCUT2D eigenvalue weighted by atomic mass is 10.0. The normalized spacial score (nSPS) is 19.7. The zero-order valence-corrected chi connectivity index (χ0v) is 21.4. The summed E-state index contributed by atoms with van der Waals surface area (Å²) in [7, 11) is -0.926. The van der Waals surface area contributed by atoms with Crippen molar-refractivity contribution in [1.82, 2.24) is 4.90 Å². The monoisotopic (exact) mass is 473 g/mol. The molecule has 33 heavy (non-hydrogen) atoms. The highest BCUT2D eigenvalue weighted by Crippen LogP contribution is 2.32. The Morgan fingerprint density at radius 1 is 1.09 bits per heavy atom. The number of amides is 1. The molecule has 0 spiro atoms. The van der Waals surface area contributed by atoms with Crippen molar-refractivity contribution in [1.29, 1.82) is 0 Å². The molecule has 1 saturated heterocycles. The van der Waals surface area contributed by atoms with Crippen molar-refractivity contribution in [3.8, 4) is 0 Å². The number of nitrogens with zero attached hydrogens (tertiary/aromatic N) is 1. The van der Waals surface area contributed by atoms with Crippen molar-refractivity contribution in [3.63, 3.8) is 0 Å². The van der Waals surface area contributed by atoms with Crippen LogP contribution in [0.25, 0.3) is 0 Å². The summed E-state index contributed by atoms with van der Waals surface area (Å²) in [6.45, 7) is 11.0. The minimum absolute atomic E-state index is 0.285. The highest BCUT2D eigenvalue weighted by atomic mass is 28.3. The summed E-state index contributed by atoms with van der Waals surface area (Å²) in [5, 5.41) is 2.14. The van der Waals surface area contributed by atoms with Crippen molar-refractivity contribution >= 4 is 25.3 Å². The largest absolute Gasteiger partial charge is 0.465 e. The highest BCUT2D eigenvalue weighted by molar-refractivity contribution is 6.96. The first kappa shape index (κ1) is 25.2. The van der Waals surface area contributed by atoms with Gasteiger partial charge in [0.2, 0.25) is 0 Å². The first-order chi connectivity index (χ1) is 15.5. The number of hydrogen-bond acceptors (Lipinski definition) is 6. The molecule has 8 heteroatoms. The van der Waals surface area contributed by atoms with Crippen LogP contribution in [0.1, 0.15) is 33.6 Å². The number of hydrogen-bond donors (Lipinski definition) is 0. The Hall–Kier alpha value is -2.42. The number of ether oxygens (including phenoxy) is 4. The summed E-state index contributed by atoms with van der Waals surface area (Å²) in [5.74, 6) is -0.466. The van der Waals surface area contributed by atoms with Gasteiger partial charge in [0.15, 0.2) is 6.29 Å². The summed E-state index contributed by atoms with van der Waals surface area (Å²) < 4.78 is 22.0. The minimum atomic E-state index is -2.28. The lowest BCUT2D eigenvalue weighted by molar-refractivity contribution is -0.135. The second kappa shape index (κ2) is 10.2. The van der Waals surface area contributed by atoms with E-state index in [2.05, 4.69) is 25.2 Å². The lowest BCUT2D eigenvalue weighted by Gasteiger charge is -2.37. The Balaban J connectivity index is 2.01. The van der Waals surface area contributed by atoms with Crippen LogP contribution in [-0.2, 0) is 23.7 Å². The van der Waals surface area contributed by atoms with Gasteiger partial charge in [0.1, 0.15) is 13.7 Å². The molecule has 0 aromatic heterocycles. The third-order valence-electron chi connectivity index (χ3n) is 5.84. The molecule has 180 valence electrons. The fourth-order valence-corrected chi connectivity index (χ4v) is 6.89. The Morgan fingerprint density at radius 2 is 1.73 bits per heavy atom. The van der Waals surface area contributed by atoms with Gasteiger partial charge >= 0.3 is 12.1 Å². The van der Waals surface area contributed by atoms with E-state index in [-0.39, 0.29) is 12.3 Å². The van der Waals surface area contributed by atoms with Crippen LogP contribution in [0.15, 0.2) is 53.4 Å². The van der Waals surface area contributed by atoms with Crippen LogP contribution < -0.4 is 5.19 Å². The van der Waals surface area contributed by atoms with Crippen LogP contribution in [0.4, 0.5) is 4.79 Å². The summed E-state index contributed by atoms with van der Waals surface area (Å²) in [4.78, 5) is 27.5. The molecule has 3 rings (SSSR count). The molecular formula is C25H35NO6Si. The molecule has 0 bridgehead atoms. The second-order valence-corrected chi connectivity index (χ2v) is 14.2. The van der Waals surface area contributed by atoms with Gasteiger partial charge in [0, 0.05) is 12.6 Å². The number of benzene rings is 1. The van der Waals surface area contributed by atoms with Crippen LogP contribution >= 0.6 is 0 Å². The van der Waals surface area contributed by atoms with Gasteiger partial charge in [0.05, 0.1) is 31.9 Å². The lowest BCUT2D eigenvalue weighted by Crippen LogP contribution is -2.49. The number of carbonyl (C=O) groups is 2. The average molecular weight is 474 g/mol. The topological polar surface area (TPSA) is 74.3 Å². The fourth-order valence-electron chi connectivity index (χ4n) is 4.10. The van der Waals surface area contributed by atoms with Gasteiger partial charge in [-0.15, -0.1) is 0 Å². The van der Waals surface area contributed by atoms with Gasteiger partial charge in [-0.3, -0.25) is 4.90 Å². The third kappa shape index (κ3) is 6.13. The standard InChI is InChI=1S/C25H35NO6Si/c1-25(2,3)32-24(28)26-17-20(23(27)29-4)21(33(5,6)19-10-8-7-9-11-19)16-18(26)12-13-22-30-14-15-31-22/h7-11,16-18,22H,12-15H2,1-6H3/t18-/m0/s1. The molecule has 1 aromatic carbocycles. The Bertz CT molecular complexity index is 913. The highest BCUT2D eigenvalue weighted by Gasteiger charge is 2.40. The van der Waals surface area contributed by atoms with Crippen LogP contribution in [0.5, 0.6) is 0 Å². The van der Waals surface area contributed by atoms with E-state index in [9.17, 15) is 9.59 Å². The molecule has 2 aliphatic heterocycles. The first-order valence-electron chi connectivity index (χ1n) is 11.4. The van der Waals surface area contributed by atoms with E-state index in [1.807, 2.05) is 45.0 Å². The summed E-state index contributed by atoms with van der Waals surface area (Å²) in [6.07, 6.45) is 4.10. The van der Waals surface area contributed by atoms with Crippen LogP contribution in [0, 0.1) is 0 Å². The Kier molecular flexibility index (Phi) is 7.82. The second-order valence-electron chi connectivity index (χ2n) is 9.81. The molecular weight excluding hydrogens is 438 g/mol. The molecule has 0 N–H and O–H groups in total. The van der Waals surface area contributed by atoms with Crippen molar-refractivity contribution < 1.29 is 28.5 Å². The smallest absolute Gasteiger partial charge is 0.414 e. The molecule has 2 aliphatic rings. The van der Waals surface area contributed by atoms with Gasteiger partial charge in [-0.1, -0.05) is 54.7 Å². The first-order valence-corrected chi connectivity index (χ1v) is 14.4. The van der Waals surface area contributed by atoms with Crippen molar-refractivity contribution in [3.05, 3.63) is 53.4 Å². The van der Waals surface area contributed by atoms with Gasteiger partial charge in [-0.2, -0.15) is 0 Å². The summed E-state index contributed by atoms with van der Waals surface area (Å²) >= 11 is 0. The average Bonchev–Trinajstić information content (AvgIpc) is 3.29. The van der Waals surface area contributed by atoms with Gasteiger partial charge in [0.25, 0.3) is 0 Å². The van der Waals surface area contributed by atoms with E-state index >= 15 is 0 Å². The van der Waals surface area contributed by atoms with E-state index in [1.54, 1.807) is 6.20 Å². The van der Waals surface area contributed by atoms with E-state index in [0.717, 1.165) is 5.20 Å². The van der Waals surface area contributed by atoms with E-state index < -0.39 is 25.7 Å². The summed E-state index contributed by atoms with van der Waals surface area (Å²) in [6, 6.07) is 9.89. The SMILES string of the molecule is COC(=O)C1=CN(C(=O)OC(C)(C)C)[C@@H](CCC2OCCO2)C=C1[Si](C)(C)c1ccccc1. The van der Waals surface area contributed by atoms with E-state index in [4.69, 9.17) is 18.9 Å². The van der Waals surface area contributed by atoms with Crippen molar-refractivity contribution in [2.24, 2.45) is 0 Å². The fraction of sp³-hybridized carbons (Fsp3) is 0.520. The quantitative estimate of drug-likeness (QED) is 0.461. The van der Waals surface area contributed by atoms with Crippen LogP contribution in [0.2, 0.25) is 13.1 Å². The van der Waals surface area contributed by atoms with Crippen LogP contribution in [0.3, 0.4) is 0 Å². The van der Waals surface area contributed by atoms with Gasteiger partial charge in [-0.05, 0) is 32.4 Å². The number of carbonyl (C=O) groups excluding carboxylic acids is 2.